The fourth-order valence-electron chi connectivity index (χ4n) is 1.70. The van der Waals surface area contributed by atoms with Crippen LogP contribution in [0.25, 0.3) is 0 Å². The zero-order chi connectivity index (χ0) is 14.8. The molecular weight excluding hydrogens is 269 g/mol. The normalized spacial score (nSPS) is 11.2. The third-order valence-electron chi connectivity index (χ3n) is 2.85. The summed E-state index contributed by atoms with van der Waals surface area (Å²) in [6.45, 7) is 3.75. The molecule has 0 aliphatic carbocycles. The summed E-state index contributed by atoms with van der Waals surface area (Å²) in [4.78, 5) is 0. The number of hydrogen-bond acceptors (Lipinski definition) is 2. The number of alkyl halides is 3. The highest BCUT2D eigenvalue weighted by Gasteiger charge is 2.32. The lowest BCUT2D eigenvalue weighted by atomic mass is 10.1. The van der Waals surface area contributed by atoms with Crippen molar-refractivity contribution in [3.05, 3.63) is 53.6 Å². The largest absolute Gasteiger partial charge is 0.573 e. The highest BCUT2D eigenvalue weighted by Crippen LogP contribution is 2.36. The van der Waals surface area contributed by atoms with E-state index in [1.165, 1.54) is 18.2 Å². The summed E-state index contributed by atoms with van der Waals surface area (Å²) >= 11 is 0. The van der Waals surface area contributed by atoms with Crippen LogP contribution >= 0.6 is 0 Å². The molecule has 2 aromatic carbocycles. The van der Waals surface area contributed by atoms with Gasteiger partial charge in [0.1, 0.15) is 5.75 Å². The molecule has 0 bridgehead atoms. The van der Waals surface area contributed by atoms with Gasteiger partial charge in [0, 0.05) is 0 Å². The molecule has 5 heteroatoms. The molecule has 0 N–H and O–H groups in total. The Morgan fingerprint density at radius 1 is 0.800 bits per heavy atom. The average molecular weight is 282 g/mol. The van der Waals surface area contributed by atoms with Gasteiger partial charge in [0.05, 0.1) is 0 Å². The maximum absolute atomic E-state index is 12.3. The Morgan fingerprint density at radius 3 is 2.05 bits per heavy atom. The lowest BCUT2D eigenvalue weighted by Crippen LogP contribution is -2.17. The lowest BCUT2D eigenvalue weighted by Gasteiger charge is -2.15. The van der Waals surface area contributed by atoms with Crippen LogP contribution in [-0.4, -0.2) is 6.36 Å². The minimum absolute atomic E-state index is 0.0264. The van der Waals surface area contributed by atoms with E-state index in [0.29, 0.717) is 5.75 Å². The first kappa shape index (κ1) is 14.2. The molecule has 0 saturated carbocycles. The molecule has 0 spiro atoms. The van der Waals surface area contributed by atoms with Crippen LogP contribution in [-0.2, 0) is 0 Å². The topological polar surface area (TPSA) is 18.5 Å². The molecule has 0 aromatic heterocycles. The molecule has 0 unspecified atom stereocenters. The summed E-state index contributed by atoms with van der Waals surface area (Å²) in [5.41, 5.74) is 1.87. The second kappa shape index (κ2) is 5.45. The van der Waals surface area contributed by atoms with Gasteiger partial charge < -0.3 is 9.47 Å². The summed E-state index contributed by atoms with van der Waals surface area (Å²) in [6.07, 6.45) is -4.75. The predicted molar refractivity (Wildman–Crippen MR) is 69.1 cm³/mol. The third kappa shape index (κ3) is 3.44. The molecule has 0 amide bonds. The van der Waals surface area contributed by atoms with E-state index >= 15 is 0 Å². The maximum Gasteiger partial charge on any atom is 0.573 e. The highest BCUT2D eigenvalue weighted by atomic mass is 19.4. The molecule has 2 rings (SSSR count). The molecule has 20 heavy (non-hydrogen) atoms. The second-order valence-corrected chi connectivity index (χ2v) is 4.29. The highest BCUT2D eigenvalue weighted by molar-refractivity contribution is 5.46. The van der Waals surface area contributed by atoms with Gasteiger partial charge in [-0.1, -0.05) is 24.3 Å². The number of rotatable bonds is 3. The SMILES string of the molecule is Cc1cccc(Oc2ccccc2OC(F)(F)F)c1C. The Labute approximate surface area is 114 Å². The van der Waals surface area contributed by atoms with Crippen LogP contribution in [0.3, 0.4) is 0 Å². The lowest BCUT2D eigenvalue weighted by molar-refractivity contribution is -0.275. The molecule has 106 valence electrons. The van der Waals surface area contributed by atoms with Gasteiger partial charge in [-0.15, -0.1) is 13.2 Å². The monoisotopic (exact) mass is 282 g/mol. The summed E-state index contributed by atoms with van der Waals surface area (Å²) in [5.74, 6) is 0.169. The van der Waals surface area contributed by atoms with Crippen molar-refractivity contribution in [3.8, 4) is 17.2 Å². The van der Waals surface area contributed by atoms with Gasteiger partial charge in [0.2, 0.25) is 0 Å². The molecule has 0 aliphatic rings. The van der Waals surface area contributed by atoms with Crippen molar-refractivity contribution in [2.75, 3.05) is 0 Å². The Balaban J connectivity index is 2.32. The predicted octanol–water partition coefficient (Wildman–Crippen LogP) is 4.99. The molecule has 0 radical (unpaired) electrons. The molecule has 2 nitrogen and oxygen atoms in total. The maximum atomic E-state index is 12.3. The Bertz CT molecular complexity index is 606. The van der Waals surface area contributed by atoms with Crippen molar-refractivity contribution in [3.63, 3.8) is 0 Å². The van der Waals surface area contributed by atoms with Crippen LogP contribution in [0, 0.1) is 13.8 Å². The molecule has 2 aromatic rings. The van der Waals surface area contributed by atoms with Crippen molar-refractivity contribution in [1.82, 2.24) is 0 Å². The summed E-state index contributed by atoms with van der Waals surface area (Å²) in [7, 11) is 0. The average Bonchev–Trinajstić information content (AvgIpc) is 2.35. The summed E-state index contributed by atoms with van der Waals surface area (Å²) in [6, 6.07) is 11.1. The fraction of sp³-hybridized carbons (Fsp3) is 0.200. The van der Waals surface area contributed by atoms with Gasteiger partial charge in [0.25, 0.3) is 0 Å². The third-order valence-corrected chi connectivity index (χ3v) is 2.85. The van der Waals surface area contributed by atoms with Gasteiger partial charge in [-0.3, -0.25) is 0 Å². The van der Waals surface area contributed by atoms with Crippen LogP contribution in [0.5, 0.6) is 17.2 Å². The molecule has 0 saturated heterocycles. The van der Waals surface area contributed by atoms with Crippen molar-refractivity contribution < 1.29 is 22.6 Å². The number of halogens is 3. The first-order chi connectivity index (χ1) is 9.37. The molecule has 0 aliphatic heterocycles. The molecule has 0 fully saturated rings. The van der Waals surface area contributed by atoms with E-state index in [9.17, 15) is 13.2 Å². The van der Waals surface area contributed by atoms with Gasteiger partial charge in [-0.25, -0.2) is 0 Å². The van der Waals surface area contributed by atoms with Crippen LogP contribution < -0.4 is 9.47 Å². The van der Waals surface area contributed by atoms with Crippen molar-refractivity contribution in [2.45, 2.75) is 20.2 Å². The van der Waals surface area contributed by atoms with Crippen LogP contribution in [0.4, 0.5) is 13.2 Å². The van der Waals surface area contributed by atoms with E-state index in [0.717, 1.165) is 11.1 Å². The van der Waals surface area contributed by atoms with Crippen molar-refractivity contribution >= 4 is 0 Å². The van der Waals surface area contributed by atoms with Crippen LogP contribution in [0.2, 0.25) is 0 Å². The minimum atomic E-state index is -4.75. The number of para-hydroxylation sites is 2. The number of hydrogen-bond donors (Lipinski definition) is 0. The Kier molecular flexibility index (Phi) is 3.88. The Morgan fingerprint density at radius 2 is 1.40 bits per heavy atom. The molecule has 0 heterocycles. The van der Waals surface area contributed by atoms with Crippen LogP contribution in [0.1, 0.15) is 11.1 Å². The number of ether oxygens (including phenoxy) is 2. The Hall–Kier alpha value is -2.17. The van der Waals surface area contributed by atoms with Gasteiger partial charge in [-0.05, 0) is 43.2 Å². The quantitative estimate of drug-likeness (QED) is 0.789. The standard InChI is InChI=1S/C15H13F3O2/c1-10-6-5-9-12(11(10)2)19-13-7-3-4-8-14(13)20-15(16,17)18/h3-9H,1-2H3. The van der Waals surface area contributed by atoms with Gasteiger partial charge in [0.15, 0.2) is 11.5 Å². The van der Waals surface area contributed by atoms with Gasteiger partial charge >= 0.3 is 6.36 Å². The summed E-state index contributed by atoms with van der Waals surface area (Å²) in [5, 5.41) is 0. The fourth-order valence-corrected chi connectivity index (χ4v) is 1.70. The van der Waals surface area contributed by atoms with E-state index in [2.05, 4.69) is 4.74 Å². The van der Waals surface area contributed by atoms with Crippen molar-refractivity contribution in [1.29, 1.82) is 0 Å². The molecule has 0 atom stereocenters. The van der Waals surface area contributed by atoms with E-state index in [1.54, 1.807) is 18.2 Å². The minimum Gasteiger partial charge on any atom is -0.453 e. The van der Waals surface area contributed by atoms with Crippen LogP contribution in [0.15, 0.2) is 42.5 Å². The van der Waals surface area contributed by atoms with E-state index < -0.39 is 6.36 Å². The number of aryl methyl sites for hydroxylation is 1. The van der Waals surface area contributed by atoms with E-state index in [-0.39, 0.29) is 11.5 Å². The zero-order valence-electron chi connectivity index (χ0n) is 11.0. The first-order valence-corrected chi connectivity index (χ1v) is 5.95. The first-order valence-electron chi connectivity index (χ1n) is 5.95. The number of benzene rings is 2. The van der Waals surface area contributed by atoms with Crippen molar-refractivity contribution in [2.24, 2.45) is 0 Å². The summed E-state index contributed by atoms with van der Waals surface area (Å²) < 4.78 is 46.5. The molecular formula is C15H13F3O2. The second-order valence-electron chi connectivity index (χ2n) is 4.29. The van der Waals surface area contributed by atoms with Gasteiger partial charge in [-0.2, -0.15) is 0 Å². The van der Waals surface area contributed by atoms with E-state index in [4.69, 9.17) is 4.74 Å². The smallest absolute Gasteiger partial charge is 0.453 e. The van der Waals surface area contributed by atoms with E-state index in [1.807, 2.05) is 19.9 Å². The zero-order valence-corrected chi connectivity index (χ0v) is 11.0.